The monoisotopic (exact) mass is 251 g/mol. The van der Waals surface area contributed by atoms with E-state index >= 15 is 0 Å². The standard InChI is InChI=1S/C15H25NO2/c1-2-3-10-18-11-9-15(13-17)16-12-14-7-5-4-6-8-14/h4-8,15-17H,2-3,9-13H2,1H3/t15-/m0/s1. The fourth-order valence-electron chi connectivity index (χ4n) is 1.69. The van der Waals surface area contributed by atoms with Crippen molar-refractivity contribution in [2.45, 2.75) is 38.8 Å². The molecule has 1 aromatic rings. The number of hydrogen-bond donors (Lipinski definition) is 2. The van der Waals surface area contributed by atoms with Gasteiger partial charge in [-0.05, 0) is 18.4 Å². The molecule has 0 aliphatic heterocycles. The molecule has 102 valence electrons. The first-order chi connectivity index (χ1) is 8.86. The lowest BCUT2D eigenvalue weighted by Crippen LogP contribution is -2.33. The molecule has 0 unspecified atom stereocenters. The molecule has 0 fully saturated rings. The van der Waals surface area contributed by atoms with Gasteiger partial charge in [-0.1, -0.05) is 43.7 Å². The predicted molar refractivity (Wildman–Crippen MR) is 74.5 cm³/mol. The van der Waals surface area contributed by atoms with Gasteiger partial charge in [0.1, 0.15) is 0 Å². The zero-order chi connectivity index (χ0) is 13.1. The molecule has 0 radical (unpaired) electrons. The average Bonchev–Trinajstić information content (AvgIpc) is 2.43. The molecule has 0 aliphatic carbocycles. The Hall–Kier alpha value is -0.900. The second-order valence-electron chi connectivity index (χ2n) is 4.50. The fourth-order valence-corrected chi connectivity index (χ4v) is 1.69. The third-order valence-corrected chi connectivity index (χ3v) is 2.91. The highest BCUT2D eigenvalue weighted by Crippen LogP contribution is 2.00. The van der Waals surface area contributed by atoms with Crippen molar-refractivity contribution in [1.82, 2.24) is 5.32 Å². The van der Waals surface area contributed by atoms with Crippen molar-refractivity contribution < 1.29 is 9.84 Å². The van der Waals surface area contributed by atoms with E-state index in [4.69, 9.17) is 4.74 Å². The highest BCUT2D eigenvalue weighted by atomic mass is 16.5. The Morgan fingerprint density at radius 1 is 1.22 bits per heavy atom. The van der Waals surface area contributed by atoms with Crippen LogP contribution in [0.25, 0.3) is 0 Å². The van der Waals surface area contributed by atoms with Crippen LogP contribution >= 0.6 is 0 Å². The van der Waals surface area contributed by atoms with E-state index in [-0.39, 0.29) is 12.6 Å². The second kappa shape index (κ2) is 10.1. The molecular formula is C15H25NO2. The number of rotatable bonds is 10. The molecule has 0 saturated heterocycles. The summed E-state index contributed by atoms with van der Waals surface area (Å²) in [5.41, 5.74) is 1.24. The van der Waals surface area contributed by atoms with Gasteiger partial charge in [-0.15, -0.1) is 0 Å². The average molecular weight is 251 g/mol. The maximum absolute atomic E-state index is 9.29. The van der Waals surface area contributed by atoms with Gasteiger partial charge in [0.25, 0.3) is 0 Å². The summed E-state index contributed by atoms with van der Waals surface area (Å²) in [6, 6.07) is 10.3. The number of hydrogen-bond acceptors (Lipinski definition) is 3. The van der Waals surface area contributed by atoms with Gasteiger partial charge in [0, 0.05) is 25.8 Å². The Morgan fingerprint density at radius 3 is 2.67 bits per heavy atom. The summed E-state index contributed by atoms with van der Waals surface area (Å²) in [5, 5.41) is 12.6. The molecular weight excluding hydrogens is 226 g/mol. The van der Waals surface area contributed by atoms with E-state index in [1.165, 1.54) is 5.56 Å². The molecule has 1 aromatic carbocycles. The quantitative estimate of drug-likeness (QED) is 0.627. The van der Waals surface area contributed by atoms with Crippen LogP contribution in [0.4, 0.5) is 0 Å². The lowest BCUT2D eigenvalue weighted by molar-refractivity contribution is 0.111. The Kier molecular flexibility index (Phi) is 8.47. The van der Waals surface area contributed by atoms with Crippen molar-refractivity contribution in [2.24, 2.45) is 0 Å². The molecule has 18 heavy (non-hydrogen) atoms. The van der Waals surface area contributed by atoms with Crippen LogP contribution in [0.2, 0.25) is 0 Å². The third kappa shape index (κ3) is 6.74. The minimum Gasteiger partial charge on any atom is -0.395 e. The normalized spacial score (nSPS) is 12.6. The van der Waals surface area contributed by atoms with Gasteiger partial charge in [0.05, 0.1) is 6.61 Å². The molecule has 1 atom stereocenters. The third-order valence-electron chi connectivity index (χ3n) is 2.91. The van der Waals surface area contributed by atoms with Crippen molar-refractivity contribution in [3.8, 4) is 0 Å². The maximum Gasteiger partial charge on any atom is 0.0585 e. The summed E-state index contributed by atoms with van der Waals surface area (Å²) in [4.78, 5) is 0. The molecule has 0 heterocycles. The molecule has 0 bridgehead atoms. The van der Waals surface area contributed by atoms with E-state index in [0.717, 1.165) is 32.4 Å². The first-order valence-electron chi connectivity index (χ1n) is 6.82. The molecule has 1 rings (SSSR count). The SMILES string of the molecule is CCCCOCC[C@@H](CO)NCc1ccccc1. The Morgan fingerprint density at radius 2 is 2.00 bits per heavy atom. The Labute approximate surface area is 110 Å². The van der Waals surface area contributed by atoms with Crippen LogP contribution in [0.5, 0.6) is 0 Å². The highest BCUT2D eigenvalue weighted by Gasteiger charge is 2.06. The van der Waals surface area contributed by atoms with Gasteiger partial charge in [-0.25, -0.2) is 0 Å². The molecule has 0 aliphatic rings. The van der Waals surface area contributed by atoms with Crippen LogP contribution in [0.15, 0.2) is 30.3 Å². The molecule has 3 nitrogen and oxygen atoms in total. The van der Waals surface area contributed by atoms with Crippen LogP contribution in [-0.4, -0.2) is 31.0 Å². The van der Waals surface area contributed by atoms with Gasteiger partial charge < -0.3 is 15.2 Å². The van der Waals surface area contributed by atoms with Crippen molar-refractivity contribution in [3.63, 3.8) is 0 Å². The van der Waals surface area contributed by atoms with Gasteiger partial charge in [-0.2, -0.15) is 0 Å². The number of aliphatic hydroxyl groups excluding tert-OH is 1. The van der Waals surface area contributed by atoms with E-state index in [2.05, 4.69) is 24.4 Å². The maximum atomic E-state index is 9.29. The summed E-state index contributed by atoms with van der Waals surface area (Å²) in [7, 11) is 0. The van der Waals surface area contributed by atoms with Crippen molar-refractivity contribution in [2.75, 3.05) is 19.8 Å². The van der Waals surface area contributed by atoms with Crippen LogP contribution in [0.3, 0.4) is 0 Å². The highest BCUT2D eigenvalue weighted by molar-refractivity contribution is 5.14. The lowest BCUT2D eigenvalue weighted by Gasteiger charge is -2.16. The molecule has 3 heteroatoms. The zero-order valence-corrected chi connectivity index (χ0v) is 11.3. The summed E-state index contributed by atoms with van der Waals surface area (Å²) in [6.07, 6.45) is 3.13. The van der Waals surface area contributed by atoms with Gasteiger partial charge in [0.15, 0.2) is 0 Å². The van der Waals surface area contributed by atoms with Gasteiger partial charge in [0.2, 0.25) is 0 Å². The smallest absolute Gasteiger partial charge is 0.0585 e. The molecule has 0 spiro atoms. The van der Waals surface area contributed by atoms with Gasteiger partial charge in [-0.3, -0.25) is 0 Å². The molecule has 0 saturated carbocycles. The second-order valence-corrected chi connectivity index (χ2v) is 4.50. The predicted octanol–water partition coefficient (Wildman–Crippen LogP) is 2.34. The van der Waals surface area contributed by atoms with E-state index in [1.807, 2.05) is 18.2 Å². The first kappa shape index (κ1) is 15.2. The largest absolute Gasteiger partial charge is 0.395 e. The van der Waals surface area contributed by atoms with Crippen LogP contribution < -0.4 is 5.32 Å². The van der Waals surface area contributed by atoms with E-state index in [0.29, 0.717) is 6.61 Å². The number of benzene rings is 1. The van der Waals surface area contributed by atoms with Crippen LogP contribution in [0, 0.1) is 0 Å². The topological polar surface area (TPSA) is 41.5 Å². The summed E-state index contributed by atoms with van der Waals surface area (Å²) < 4.78 is 5.51. The van der Waals surface area contributed by atoms with Gasteiger partial charge >= 0.3 is 0 Å². The Bertz CT molecular complexity index is 290. The van der Waals surface area contributed by atoms with E-state index < -0.39 is 0 Å². The van der Waals surface area contributed by atoms with E-state index in [1.54, 1.807) is 0 Å². The fraction of sp³-hybridized carbons (Fsp3) is 0.600. The summed E-state index contributed by atoms with van der Waals surface area (Å²) in [6.45, 7) is 4.65. The summed E-state index contributed by atoms with van der Waals surface area (Å²) in [5.74, 6) is 0. The molecule has 2 N–H and O–H groups in total. The van der Waals surface area contributed by atoms with Crippen molar-refractivity contribution >= 4 is 0 Å². The lowest BCUT2D eigenvalue weighted by atomic mass is 10.2. The van der Waals surface area contributed by atoms with Crippen molar-refractivity contribution in [1.29, 1.82) is 0 Å². The van der Waals surface area contributed by atoms with Crippen molar-refractivity contribution in [3.05, 3.63) is 35.9 Å². The number of unbranched alkanes of at least 4 members (excludes halogenated alkanes) is 1. The zero-order valence-electron chi connectivity index (χ0n) is 11.3. The molecule has 0 amide bonds. The summed E-state index contributed by atoms with van der Waals surface area (Å²) >= 11 is 0. The number of ether oxygens (including phenoxy) is 1. The van der Waals surface area contributed by atoms with Crippen LogP contribution in [-0.2, 0) is 11.3 Å². The first-order valence-corrected chi connectivity index (χ1v) is 6.82. The minimum atomic E-state index is 0.117. The molecule has 0 aromatic heterocycles. The number of aliphatic hydroxyl groups is 1. The van der Waals surface area contributed by atoms with E-state index in [9.17, 15) is 5.11 Å². The Balaban J connectivity index is 2.13. The van der Waals surface area contributed by atoms with Crippen LogP contribution in [0.1, 0.15) is 31.7 Å². The number of nitrogens with one attached hydrogen (secondary N) is 1. The minimum absolute atomic E-state index is 0.117.